The van der Waals surface area contributed by atoms with E-state index in [1.54, 1.807) is 30.9 Å². The van der Waals surface area contributed by atoms with Crippen molar-refractivity contribution < 1.29 is 9.18 Å². The van der Waals surface area contributed by atoms with Gasteiger partial charge < -0.3 is 5.32 Å². The van der Waals surface area contributed by atoms with Gasteiger partial charge in [0, 0.05) is 35.2 Å². The molecule has 4 aromatic heterocycles. The molecule has 8 heteroatoms. The van der Waals surface area contributed by atoms with E-state index in [2.05, 4.69) is 34.1 Å². The number of carbonyl (C=O) groups excluding carboxylic acids is 1. The first kappa shape index (κ1) is 21.9. The molecule has 0 bridgehead atoms. The lowest BCUT2D eigenvalue weighted by Gasteiger charge is -2.08. The topological polar surface area (TPSA) is 72.2 Å². The van der Waals surface area contributed by atoms with Crippen LogP contribution in [0.5, 0.6) is 0 Å². The zero-order valence-electron chi connectivity index (χ0n) is 18.7. The van der Waals surface area contributed by atoms with Gasteiger partial charge in [0.1, 0.15) is 11.5 Å². The van der Waals surface area contributed by atoms with Gasteiger partial charge in [-0.25, -0.2) is 14.4 Å². The fourth-order valence-corrected chi connectivity index (χ4v) is 4.55. The first-order valence-electron chi connectivity index (χ1n) is 10.9. The molecule has 0 spiro atoms. The van der Waals surface area contributed by atoms with Gasteiger partial charge in [-0.1, -0.05) is 26.0 Å². The normalized spacial score (nSPS) is 11.3. The summed E-state index contributed by atoms with van der Waals surface area (Å²) in [5, 5.41) is 3.29. The molecule has 0 saturated heterocycles. The molecule has 1 N–H and O–H groups in total. The van der Waals surface area contributed by atoms with Crippen molar-refractivity contribution >= 4 is 28.0 Å². The number of hydrogen-bond donors (Lipinski definition) is 1. The van der Waals surface area contributed by atoms with Crippen LogP contribution in [-0.2, 0) is 11.2 Å². The van der Waals surface area contributed by atoms with Crippen LogP contribution >= 0.6 is 11.3 Å². The SMILES string of the molecule is CC(C)c1cnc(NC(=O)Cc2ccc(-c3cnc4cc(-c5ccncc5)ccn34)cc2F)s1. The highest BCUT2D eigenvalue weighted by atomic mass is 32.1. The van der Waals surface area contributed by atoms with E-state index in [9.17, 15) is 9.18 Å². The van der Waals surface area contributed by atoms with E-state index in [0.717, 1.165) is 27.3 Å². The van der Waals surface area contributed by atoms with E-state index < -0.39 is 5.82 Å². The molecule has 0 unspecified atom stereocenters. The highest BCUT2D eigenvalue weighted by molar-refractivity contribution is 7.15. The third-order valence-electron chi connectivity index (χ3n) is 5.57. The van der Waals surface area contributed by atoms with Crippen molar-refractivity contribution in [3.8, 4) is 22.4 Å². The lowest BCUT2D eigenvalue weighted by atomic mass is 10.1. The molecule has 5 aromatic rings. The summed E-state index contributed by atoms with van der Waals surface area (Å²) in [4.78, 5) is 26.3. The van der Waals surface area contributed by atoms with E-state index in [1.165, 1.54) is 17.4 Å². The van der Waals surface area contributed by atoms with E-state index >= 15 is 0 Å². The van der Waals surface area contributed by atoms with Gasteiger partial charge in [0.2, 0.25) is 5.91 Å². The molecule has 4 heterocycles. The Bertz CT molecular complexity index is 1480. The van der Waals surface area contributed by atoms with Crippen molar-refractivity contribution in [2.45, 2.75) is 26.2 Å². The molecule has 0 aliphatic heterocycles. The number of halogens is 1. The minimum atomic E-state index is -0.432. The number of anilines is 1. The molecule has 0 radical (unpaired) electrons. The van der Waals surface area contributed by atoms with Gasteiger partial charge in [-0.3, -0.25) is 14.2 Å². The Morgan fingerprint density at radius 3 is 2.59 bits per heavy atom. The van der Waals surface area contributed by atoms with Gasteiger partial charge in [0.05, 0.1) is 18.3 Å². The largest absolute Gasteiger partial charge is 0.302 e. The number of imidazole rings is 1. The van der Waals surface area contributed by atoms with Crippen molar-refractivity contribution in [2.75, 3.05) is 5.32 Å². The second-order valence-corrected chi connectivity index (χ2v) is 9.34. The van der Waals surface area contributed by atoms with Crippen molar-refractivity contribution in [3.05, 3.63) is 89.7 Å². The van der Waals surface area contributed by atoms with E-state index in [1.807, 2.05) is 40.9 Å². The fourth-order valence-electron chi connectivity index (χ4n) is 3.72. The molecule has 1 amide bonds. The van der Waals surface area contributed by atoms with Crippen LogP contribution in [0.4, 0.5) is 9.52 Å². The lowest BCUT2D eigenvalue weighted by molar-refractivity contribution is -0.115. The number of amides is 1. The summed E-state index contributed by atoms with van der Waals surface area (Å²) in [6.45, 7) is 4.14. The summed E-state index contributed by atoms with van der Waals surface area (Å²) in [6, 6.07) is 12.8. The van der Waals surface area contributed by atoms with Crippen LogP contribution in [-0.4, -0.2) is 25.3 Å². The number of nitrogens with one attached hydrogen (secondary N) is 1. The molecule has 0 saturated carbocycles. The Labute approximate surface area is 200 Å². The third-order valence-corrected chi connectivity index (χ3v) is 6.78. The third kappa shape index (κ3) is 4.45. The van der Waals surface area contributed by atoms with Crippen LogP contribution in [0.25, 0.3) is 28.0 Å². The maximum atomic E-state index is 14.9. The smallest absolute Gasteiger partial charge is 0.230 e. The summed E-state index contributed by atoms with van der Waals surface area (Å²) in [7, 11) is 0. The molecule has 170 valence electrons. The van der Waals surface area contributed by atoms with Crippen molar-refractivity contribution in [1.82, 2.24) is 19.4 Å². The number of rotatable bonds is 6. The van der Waals surface area contributed by atoms with E-state index in [0.29, 0.717) is 22.2 Å². The van der Waals surface area contributed by atoms with Crippen LogP contribution in [0, 0.1) is 5.82 Å². The van der Waals surface area contributed by atoms with Crippen molar-refractivity contribution in [1.29, 1.82) is 0 Å². The summed E-state index contributed by atoms with van der Waals surface area (Å²) < 4.78 is 16.8. The van der Waals surface area contributed by atoms with Gasteiger partial charge in [-0.15, -0.1) is 11.3 Å². The minimum Gasteiger partial charge on any atom is -0.302 e. The number of pyridine rings is 2. The predicted molar refractivity (Wildman–Crippen MR) is 132 cm³/mol. The Hall–Kier alpha value is -3.91. The van der Waals surface area contributed by atoms with Gasteiger partial charge in [0.25, 0.3) is 0 Å². The summed E-state index contributed by atoms with van der Waals surface area (Å²) in [6.07, 6.45) is 8.84. The number of benzene rings is 1. The molecule has 0 atom stereocenters. The maximum Gasteiger partial charge on any atom is 0.230 e. The number of carbonyl (C=O) groups is 1. The zero-order chi connectivity index (χ0) is 23.7. The average Bonchev–Trinajstić information content (AvgIpc) is 3.48. The van der Waals surface area contributed by atoms with Gasteiger partial charge >= 0.3 is 0 Å². The Balaban J connectivity index is 1.34. The molecule has 0 fully saturated rings. The monoisotopic (exact) mass is 471 g/mol. The fraction of sp³-hybridized carbons (Fsp3) is 0.154. The highest BCUT2D eigenvalue weighted by Crippen LogP contribution is 2.27. The van der Waals surface area contributed by atoms with Gasteiger partial charge in [-0.2, -0.15) is 0 Å². The second kappa shape index (κ2) is 9.15. The standard InChI is InChI=1S/C26H22FN5OS/c1-16(2)23-15-30-26(34-23)31-25(33)13-19-3-4-20(11-21(19)27)22-14-29-24-12-18(7-10-32(22)24)17-5-8-28-9-6-17/h3-12,14-16H,13H2,1-2H3,(H,30,31,33). The van der Waals surface area contributed by atoms with E-state index in [4.69, 9.17) is 0 Å². The second-order valence-electron chi connectivity index (χ2n) is 8.28. The molecule has 0 aliphatic rings. The predicted octanol–water partition coefficient (Wildman–Crippen LogP) is 5.96. The molecule has 0 aliphatic carbocycles. The van der Waals surface area contributed by atoms with Gasteiger partial charge in [-0.05, 0) is 52.9 Å². The van der Waals surface area contributed by atoms with Crippen LogP contribution in [0.3, 0.4) is 0 Å². The summed E-state index contributed by atoms with van der Waals surface area (Å²) >= 11 is 1.44. The molecule has 5 rings (SSSR count). The maximum absolute atomic E-state index is 14.9. The number of nitrogens with zero attached hydrogens (tertiary/aromatic N) is 4. The van der Waals surface area contributed by atoms with Crippen LogP contribution in [0.2, 0.25) is 0 Å². The number of fused-ring (bicyclic) bond motifs is 1. The molecule has 1 aromatic carbocycles. The molecular weight excluding hydrogens is 449 g/mol. The Kier molecular flexibility index (Phi) is 5.90. The number of hydrogen-bond acceptors (Lipinski definition) is 5. The quantitative estimate of drug-likeness (QED) is 0.331. The molecule has 34 heavy (non-hydrogen) atoms. The first-order valence-corrected chi connectivity index (χ1v) is 11.7. The summed E-state index contributed by atoms with van der Waals surface area (Å²) in [5.74, 6) is -0.386. The van der Waals surface area contributed by atoms with Crippen LogP contribution in [0.15, 0.2) is 73.4 Å². The first-order chi connectivity index (χ1) is 16.5. The molecule has 6 nitrogen and oxygen atoms in total. The molecular formula is C26H22FN5OS. The van der Waals surface area contributed by atoms with Crippen molar-refractivity contribution in [3.63, 3.8) is 0 Å². The highest BCUT2D eigenvalue weighted by Gasteiger charge is 2.14. The lowest BCUT2D eigenvalue weighted by Crippen LogP contribution is -2.15. The van der Waals surface area contributed by atoms with Crippen LogP contribution < -0.4 is 5.32 Å². The summed E-state index contributed by atoms with van der Waals surface area (Å²) in [5.41, 5.74) is 4.63. The zero-order valence-corrected chi connectivity index (χ0v) is 19.5. The van der Waals surface area contributed by atoms with Crippen LogP contribution in [0.1, 0.15) is 30.2 Å². The Morgan fingerprint density at radius 1 is 1.03 bits per heavy atom. The number of aromatic nitrogens is 4. The van der Waals surface area contributed by atoms with E-state index in [-0.39, 0.29) is 12.3 Å². The Morgan fingerprint density at radius 2 is 1.85 bits per heavy atom. The van der Waals surface area contributed by atoms with Crippen molar-refractivity contribution in [2.24, 2.45) is 0 Å². The minimum absolute atomic E-state index is 0.0643. The number of thiazole rings is 1. The van der Waals surface area contributed by atoms with Gasteiger partial charge in [0.15, 0.2) is 5.13 Å². The average molecular weight is 472 g/mol.